The van der Waals surface area contributed by atoms with E-state index < -0.39 is 23.7 Å². The zero-order valence-corrected chi connectivity index (χ0v) is 10.8. The van der Waals surface area contributed by atoms with Crippen LogP contribution in [-0.4, -0.2) is 33.6 Å². The van der Waals surface area contributed by atoms with Crippen molar-refractivity contribution in [3.05, 3.63) is 18.5 Å². The van der Waals surface area contributed by atoms with E-state index >= 15 is 0 Å². The van der Waals surface area contributed by atoms with Crippen molar-refractivity contribution in [2.45, 2.75) is 39.3 Å². The first kappa shape index (κ1) is 14.0. The molecule has 1 aromatic rings. The number of hydrogen-bond acceptors (Lipinski definition) is 5. The molecule has 1 aromatic heterocycles. The van der Waals surface area contributed by atoms with Crippen molar-refractivity contribution in [1.82, 2.24) is 15.3 Å². The monoisotopic (exact) mass is 255 g/mol. The highest BCUT2D eigenvalue weighted by Crippen LogP contribution is 2.06. The number of amides is 1. The van der Waals surface area contributed by atoms with E-state index in [1.54, 1.807) is 26.8 Å². The molecule has 0 fully saturated rings. The molecule has 18 heavy (non-hydrogen) atoms. The maximum absolute atomic E-state index is 11.6. The van der Waals surface area contributed by atoms with E-state index in [9.17, 15) is 9.59 Å². The first-order valence-electron chi connectivity index (χ1n) is 5.49. The number of alkyl carbamates (subject to hydrolysis) is 1. The molecule has 0 unspecified atom stereocenters. The molecule has 7 nitrogen and oxygen atoms in total. The highest BCUT2D eigenvalue weighted by atomic mass is 16.7. The number of aromatic nitrogens is 2. The molecule has 100 valence electrons. The molecule has 0 spiro atoms. The lowest BCUT2D eigenvalue weighted by atomic mass is 10.2. The third-order valence-corrected chi connectivity index (χ3v) is 1.75. The summed E-state index contributed by atoms with van der Waals surface area (Å²) >= 11 is 0. The minimum absolute atomic E-state index is 0.615. The van der Waals surface area contributed by atoms with Crippen molar-refractivity contribution >= 4 is 12.1 Å². The molecule has 0 aliphatic carbocycles. The predicted molar refractivity (Wildman–Crippen MR) is 62.6 cm³/mol. The van der Waals surface area contributed by atoms with Crippen molar-refractivity contribution in [2.24, 2.45) is 0 Å². The zero-order valence-electron chi connectivity index (χ0n) is 10.8. The van der Waals surface area contributed by atoms with Gasteiger partial charge in [-0.25, -0.2) is 9.59 Å². The van der Waals surface area contributed by atoms with Crippen molar-refractivity contribution in [3.63, 3.8) is 0 Å². The van der Waals surface area contributed by atoms with Gasteiger partial charge in [0.2, 0.25) is 0 Å². The summed E-state index contributed by atoms with van der Waals surface area (Å²) in [4.78, 5) is 28.8. The van der Waals surface area contributed by atoms with Crippen molar-refractivity contribution in [1.29, 1.82) is 0 Å². The van der Waals surface area contributed by atoms with Gasteiger partial charge in [0.15, 0.2) is 0 Å². The number of carbonyl (C=O) groups excluding carboxylic acids is 2. The minimum Gasteiger partial charge on any atom is -0.444 e. The molecular formula is C11H17N3O4. The van der Waals surface area contributed by atoms with Crippen LogP contribution in [0.2, 0.25) is 0 Å². The second-order valence-electron chi connectivity index (χ2n) is 4.69. The number of hydrogen-bond donors (Lipinski definition) is 1. The van der Waals surface area contributed by atoms with Crippen LogP contribution >= 0.6 is 0 Å². The van der Waals surface area contributed by atoms with Crippen LogP contribution in [0.4, 0.5) is 4.79 Å². The molecule has 1 amide bonds. The lowest BCUT2D eigenvalue weighted by Gasteiger charge is -2.21. The van der Waals surface area contributed by atoms with Crippen LogP contribution in [0.3, 0.4) is 0 Å². The first-order valence-corrected chi connectivity index (χ1v) is 5.49. The van der Waals surface area contributed by atoms with E-state index in [4.69, 9.17) is 9.57 Å². The van der Waals surface area contributed by atoms with Gasteiger partial charge in [-0.05, 0) is 33.8 Å². The molecule has 1 N–H and O–H groups in total. The maximum atomic E-state index is 11.6. The summed E-state index contributed by atoms with van der Waals surface area (Å²) in [6, 6.07) is 0.781. The summed E-state index contributed by atoms with van der Waals surface area (Å²) < 4.78 is 5.01. The molecule has 0 saturated carbocycles. The van der Waals surface area contributed by atoms with Gasteiger partial charge in [-0.3, -0.25) is 0 Å². The van der Waals surface area contributed by atoms with Gasteiger partial charge in [-0.15, -0.1) is 5.10 Å². The van der Waals surface area contributed by atoms with Gasteiger partial charge >= 0.3 is 12.1 Å². The molecule has 0 aliphatic heterocycles. The van der Waals surface area contributed by atoms with Gasteiger partial charge in [-0.1, -0.05) is 4.85 Å². The molecule has 1 heterocycles. The lowest BCUT2D eigenvalue weighted by molar-refractivity contribution is -0.147. The van der Waals surface area contributed by atoms with Gasteiger partial charge < -0.3 is 14.9 Å². The fourth-order valence-corrected chi connectivity index (χ4v) is 1.02. The second-order valence-corrected chi connectivity index (χ2v) is 4.69. The predicted octanol–water partition coefficient (Wildman–Crippen LogP) is 0.751. The maximum Gasteiger partial charge on any atom is 0.408 e. The lowest BCUT2D eigenvalue weighted by Crippen LogP contribution is -2.44. The summed E-state index contributed by atoms with van der Waals surface area (Å²) in [5.74, 6) is -0.635. The summed E-state index contributed by atoms with van der Waals surface area (Å²) in [6.45, 7) is 6.70. The molecule has 0 saturated heterocycles. The van der Waals surface area contributed by atoms with Crippen molar-refractivity contribution in [2.75, 3.05) is 0 Å². The Morgan fingerprint density at radius 3 is 2.56 bits per heavy atom. The molecular weight excluding hydrogens is 238 g/mol. The number of rotatable bonds is 3. The summed E-state index contributed by atoms with van der Waals surface area (Å²) in [5, 5.41) is 6.08. The molecule has 0 radical (unpaired) electrons. The van der Waals surface area contributed by atoms with Crippen LogP contribution in [0.5, 0.6) is 0 Å². The number of nitrogens with one attached hydrogen (secondary N) is 1. The van der Waals surface area contributed by atoms with Gasteiger partial charge in [0, 0.05) is 0 Å². The van der Waals surface area contributed by atoms with Crippen LogP contribution in [-0.2, 0) is 9.53 Å². The van der Waals surface area contributed by atoms with Crippen molar-refractivity contribution in [3.8, 4) is 0 Å². The molecule has 0 aliphatic rings. The SMILES string of the molecule is C[C@H](NC(=O)OC(C)(C)C)C(=O)On1cccn1. The standard InChI is InChI=1S/C11H17N3O4/c1-8(13-10(16)17-11(2,3)4)9(15)18-14-7-5-6-12-14/h5-8H,1-4H3,(H,13,16)/t8-/m0/s1. The highest BCUT2D eigenvalue weighted by Gasteiger charge is 2.22. The van der Waals surface area contributed by atoms with E-state index in [0.29, 0.717) is 0 Å². The Hall–Kier alpha value is -2.05. The van der Waals surface area contributed by atoms with Crippen LogP contribution in [0.1, 0.15) is 27.7 Å². The molecule has 0 bridgehead atoms. The van der Waals surface area contributed by atoms with Crippen LogP contribution in [0, 0.1) is 0 Å². The summed E-state index contributed by atoms with van der Waals surface area (Å²) in [5.41, 5.74) is -0.615. The zero-order chi connectivity index (χ0) is 13.8. The Morgan fingerprint density at radius 2 is 2.06 bits per heavy atom. The highest BCUT2D eigenvalue weighted by molar-refractivity contribution is 5.81. The smallest absolute Gasteiger partial charge is 0.408 e. The van der Waals surface area contributed by atoms with Gasteiger partial charge in [0.05, 0.1) is 12.4 Å². The molecule has 1 rings (SSSR count). The Morgan fingerprint density at radius 1 is 1.39 bits per heavy atom. The summed E-state index contributed by atoms with van der Waals surface area (Å²) in [6.07, 6.45) is 2.27. The average Bonchev–Trinajstić information content (AvgIpc) is 2.66. The Labute approximate surface area is 105 Å². The number of carbonyl (C=O) groups is 2. The van der Waals surface area contributed by atoms with Gasteiger partial charge in [0.25, 0.3) is 0 Å². The fraction of sp³-hybridized carbons (Fsp3) is 0.545. The van der Waals surface area contributed by atoms with Gasteiger partial charge in [0.1, 0.15) is 11.6 Å². The number of nitrogens with zero attached hydrogens (tertiary/aromatic N) is 2. The normalized spacial score (nSPS) is 12.7. The van der Waals surface area contributed by atoms with E-state index in [1.165, 1.54) is 19.3 Å². The van der Waals surface area contributed by atoms with Crippen molar-refractivity contribution < 1.29 is 19.2 Å². The third kappa shape index (κ3) is 4.86. The van der Waals surface area contributed by atoms with Gasteiger partial charge in [-0.2, -0.15) is 0 Å². The minimum atomic E-state index is -0.830. The van der Waals surface area contributed by atoms with E-state index in [1.807, 2.05) is 0 Å². The van der Waals surface area contributed by atoms with E-state index in [-0.39, 0.29) is 0 Å². The Balaban J connectivity index is 2.42. The average molecular weight is 255 g/mol. The van der Waals surface area contributed by atoms with E-state index in [2.05, 4.69) is 10.4 Å². The first-order chi connectivity index (χ1) is 8.28. The Kier molecular flexibility index (Phi) is 4.30. The quantitative estimate of drug-likeness (QED) is 0.861. The van der Waals surface area contributed by atoms with Crippen LogP contribution in [0.15, 0.2) is 18.5 Å². The fourth-order valence-electron chi connectivity index (χ4n) is 1.02. The van der Waals surface area contributed by atoms with Crippen LogP contribution < -0.4 is 10.2 Å². The number of ether oxygens (including phenoxy) is 1. The second kappa shape index (κ2) is 5.52. The topological polar surface area (TPSA) is 82.5 Å². The summed E-state index contributed by atoms with van der Waals surface area (Å²) in [7, 11) is 0. The molecule has 0 aromatic carbocycles. The van der Waals surface area contributed by atoms with E-state index in [0.717, 1.165) is 4.85 Å². The molecule has 7 heteroatoms. The largest absolute Gasteiger partial charge is 0.444 e. The third-order valence-electron chi connectivity index (χ3n) is 1.75. The van der Waals surface area contributed by atoms with Crippen LogP contribution in [0.25, 0.3) is 0 Å². The molecule has 1 atom stereocenters. The Bertz CT molecular complexity index is 408.